The van der Waals surface area contributed by atoms with E-state index in [2.05, 4.69) is 10.3 Å². The summed E-state index contributed by atoms with van der Waals surface area (Å²) in [6.45, 7) is 1.74. The molecule has 1 aromatic rings. The Balaban J connectivity index is 2.40. The first-order chi connectivity index (χ1) is 7.44. The van der Waals surface area contributed by atoms with E-state index >= 15 is 0 Å². The Kier molecular flexibility index (Phi) is 4.36. The van der Waals surface area contributed by atoms with Crippen LogP contribution in [0.4, 0.5) is 0 Å². The smallest absolute Gasteiger partial charge is 0.365 e. The Morgan fingerprint density at radius 3 is 2.88 bits per heavy atom. The van der Waals surface area contributed by atoms with Crippen LogP contribution in [0.25, 0.3) is 0 Å². The molecule has 0 saturated carbocycles. The van der Waals surface area contributed by atoms with Crippen molar-refractivity contribution in [2.45, 2.75) is 19.1 Å². The van der Waals surface area contributed by atoms with Crippen LogP contribution in [0.1, 0.15) is 22.4 Å². The van der Waals surface area contributed by atoms with Gasteiger partial charge < -0.3 is 20.6 Å². The topological polar surface area (TPSA) is 103 Å². The van der Waals surface area contributed by atoms with Crippen molar-refractivity contribution in [2.24, 2.45) is 0 Å². The second-order valence-electron chi connectivity index (χ2n) is 3.71. The SMILES string of the molecule is CC(O)(CO)CNCc1csc(C(=O)O)n1. The van der Waals surface area contributed by atoms with Gasteiger partial charge in [-0.05, 0) is 6.92 Å². The molecule has 1 atom stereocenters. The maximum atomic E-state index is 10.5. The van der Waals surface area contributed by atoms with E-state index in [0.717, 1.165) is 11.3 Å². The minimum Gasteiger partial charge on any atom is -0.476 e. The number of carboxylic acids is 1. The number of carbonyl (C=O) groups is 1. The summed E-state index contributed by atoms with van der Waals surface area (Å²) in [6, 6.07) is 0. The van der Waals surface area contributed by atoms with Crippen LogP contribution in [0.2, 0.25) is 0 Å². The summed E-state index contributed by atoms with van der Waals surface area (Å²) in [5.74, 6) is -1.04. The van der Waals surface area contributed by atoms with Gasteiger partial charge in [0.05, 0.1) is 17.9 Å². The number of nitrogens with one attached hydrogen (secondary N) is 1. The predicted molar refractivity (Wildman–Crippen MR) is 58.5 cm³/mol. The minimum absolute atomic E-state index is 0.0470. The van der Waals surface area contributed by atoms with Crippen molar-refractivity contribution in [3.63, 3.8) is 0 Å². The lowest BCUT2D eigenvalue weighted by Crippen LogP contribution is -2.40. The molecule has 0 fully saturated rings. The number of hydrogen-bond acceptors (Lipinski definition) is 6. The zero-order valence-corrected chi connectivity index (χ0v) is 9.62. The molecular weight excluding hydrogens is 232 g/mol. The maximum Gasteiger partial charge on any atom is 0.365 e. The van der Waals surface area contributed by atoms with Crippen molar-refractivity contribution >= 4 is 17.3 Å². The Morgan fingerprint density at radius 2 is 2.38 bits per heavy atom. The monoisotopic (exact) mass is 246 g/mol. The third-order valence-corrected chi connectivity index (χ3v) is 2.77. The van der Waals surface area contributed by atoms with Crippen molar-refractivity contribution in [1.82, 2.24) is 10.3 Å². The highest BCUT2D eigenvalue weighted by atomic mass is 32.1. The molecule has 4 N–H and O–H groups in total. The van der Waals surface area contributed by atoms with Gasteiger partial charge in [0.15, 0.2) is 0 Å². The molecule has 7 heteroatoms. The van der Waals surface area contributed by atoms with Crippen LogP contribution in [0.3, 0.4) is 0 Å². The highest BCUT2D eigenvalue weighted by Gasteiger charge is 2.18. The molecule has 0 amide bonds. The van der Waals surface area contributed by atoms with E-state index in [4.69, 9.17) is 10.2 Å². The van der Waals surface area contributed by atoms with Gasteiger partial charge in [-0.3, -0.25) is 0 Å². The van der Waals surface area contributed by atoms with E-state index in [1.54, 1.807) is 5.38 Å². The van der Waals surface area contributed by atoms with Gasteiger partial charge in [-0.15, -0.1) is 11.3 Å². The lowest BCUT2D eigenvalue weighted by molar-refractivity contribution is 0.00248. The van der Waals surface area contributed by atoms with Crippen LogP contribution in [0.15, 0.2) is 5.38 Å². The molecule has 0 bridgehead atoms. The number of hydrogen-bond donors (Lipinski definition) is 4. The highest BCUT2D eigenvalue weighted by molar-refractivity contribution is 7.11. The lowest BCUT2D eigenvalue weighted by atomic mass is 10.1. The molecule has 0 saturated heterocycles. The van der Waals surface area contributed by atoms with Gasteiger partial charge in [0.1, 0.15) is 0 Å². The first-order valence-corrected chi connectivity index (χ1v) is 5.54. The zero-order valence-electron chi connectivity index (χ0n) is 8.80. The summed E-state index contributed by atoms with van der Waals surface area (Å²) in [5, 5.41) is 31.5. The molecule has 1 aromatic heterocycles. The lowest BCUT2D eigenvalue weighted by Gasteiger charge is -2.20. The normalized spacial score (nSPS) is 14.7. The third-order valence-electron chi connectivity index (χ3n) is 1.89. The van der Waals surface area contributed by atoms with Crippen LogP contribution < -0.4 is 5.32 Å². The summed E-state index contributed by atoms with van der Waals surface area (Å²) >= 11 is 1.06. The largest absolute Gasteiger partial charge is 0.476 e. The van der Waals surface area contributed by atoms with Gasteiger partial charge >= 0.3 is 5.97 Å². The third kappa shape index (κ3) is 3.86. The fourth-order valence-electron chi connectivity index (χ4n) is 1.00. The maximum absolute atomic E-state index is 10.5. The number of thiazole rings is 1. The number of aromatic nitrogens is 1. The molecule has 16 heavy (non-hydrogen) atoms. The minimum atomic E-state index is -1.17. The quantitative estimate of drug-likeness (QED) is 0.548. The molecule has 1 rings (SSSR count). The number of carboxylic acid groups (broad SMARTS) is 1. The van der Waals surface area contributed by atoms with E-state index in [9.17, 15) is 9.90 Å². The van der Waals surface area contributed by atoms with Crippen LogP contribution in [-0.4, -0.2) is 45.0 Å². The number of aliphatic hydroxyl groups is 2. The van der Waals surface area contributed by atoms with Crippen molar-refractivity contribution in [1.29, 1.82) is 0 Å². The Bertz CT molecular complexity index is 364. The average molecular weight is 246 g/mol. The second kappa shape index (κ2) is 5.35. The fraction of sp³-hybridized carbons (Fsp3) is 0.556. The Hall–Kier alpha value is -1.02. The highest BCUT2D eigenvalue weighted by Crippen LogP contribution is 2.09. The summed E-state index contributed by atoms with van der Waals surface area (Å²) in [5.41, 5.74) is -0.567. The molecule has 0 spiro atoms. The van der Waals surface area contributed by atoms with Gasteiger partial charge in [-0.25, -0.2) is 9.78 Å². The van der Waals surface area contributed by atoms with E-state index < -0.39 is 11.6 Å². The Labute approximate surface area is 96.6 Å². The van der Waals surface area contributed by atoms with Crippen LogP contribution in [0.5, 0.6) is 0 Å². The Morgan fingerprint density at radius 1 is 1.69 bits per heavy atom. The molecule has 0 aliphatic heterocycles. The fourth-order valence-corrected chi connectivity index (χ4v) is 1.66. The van der Waals surface area contributed by atoms with Gasteiger partial charge in [0.25, 0.3) is 0 Å². The summed E-state index contributed by atoms with van der Waals surface area (Å²) in [7, 11) is 0. The molecule has 0 aliphatic carbocycles. The van der Waals surface area contributed by atoms with E-state index in [0.29, 0.717) is 12.2 Å². The number of aromatic carboxylic acids is 1. The standard InChI is InChI=1S/C9H14N2O4S/c1-9(15,5-12)4-10-2-6-3-16-7(11-6)8(13)14/h3,10,12,15H,2,4-5H2,1H3,(H,13,14). The van der Waals surface area contributed by atoms with E-state index in [1.165, 1.54) is 6.92 Å². The molecule has 0 aromatic carbocycles. The van der Waals surface area contributed by atoms with Crippen molar-refractivity contribution in [3.8, 4) is 0 Å². The first kappa shape index (κ1) is 13.0. The van der Waals surface area contributed by atoms with Crippen molar-refractivity contribution < 1.29 is 20.1 Å². The van der Waals surface area contributed by atoms with Crippen molar-refractivity contribution in [3.05, 3.63) is 16.1 Å². The van der Waals surface area contributed by atoms with Crippen LogP contribution in [-0.2, 0) is 6.54 Å². The van der Waals surface area contributed by atoms with E-state index in [-0.39, 0.29) is 18.2 Å². The molecular formula is C9H14N2O4S. The van der Waals surface area contributed by atoms with Gasteiger partial charge in [-0.2, -0.15) is 0 Å². The van der Waals surface area contributed by atoms with Crippen molar-refractivity contribution in [2.75, 3.05) is 13.2 Å². The molecule has 1 heterocycles. The summed E-state index contributed by atoms with van der Waals surface area (Å²) in [4.78, 5) is 14.4. The zero-order chi connectivity index (χ0) is 12.2. The second-order valence-corrected chi connectivity index (χ2v) is 4.57. The van der Waals surface area contributed by atoms with Gasteiger partial charge in [0.2, 0.25) is 5.01 Å². The van der Waals surface area contributed by atoms with E-state index in [1.807, 2.05) is 0 Å². The molecule has 1 unspecified atom stereocenters. The molecule has 6 nitrogen and oxygen atoms in total. The number of aliphatic hydroxyl groups excluding tert-OH is 1. The number of rotatable bonds is 6. The van der Waals surface area contributed by atoms with Gasteiger partial charge in [-0.1, -0.05) is 0 Å². The van der Waals surface area contributed by atoms with Crippen LogP contribution in [0, 0.1) is 0 Å². The molecule has 0 aliphatic rings. The molecule has 0 radical (unpaired) electrons. The summed E-state index contributed by atoms with van der Waals surface area (Å²) < 4.78 is 0. The predicted octanol–water partition coefficient (Wildman–Crippen LogP) is -0.326. The summed E-state index contributed by atoms with van der Waals surface area (Å²) in [6.07, 6.45) is 0. The van der Waals surface area contributed by atoms with Gasteiger partial charge in [0, 0.05) is 18.5 Å². The van der Waals surface area contributed by atoms with Crippen LogP contribution >= 0.6 is 11.3 Å². The first-order valence-electron chi connectivity index (χ1n) is 4.66. The molecule has 90 valence electrons. The number of nitrogens with zero attached hydrogens (tertiary/aromatic N) is 1. The average Bonchev–Trinajstić information content (AvgIpc) is 2.66.